The fourth-order valence-corrected chi connectivity index (χ4v) is 3.70. The van der Waals surface area contributed by atoms with Gasteiger partial charge in [0.05, 0.1) is 6.54 Å². The number of hydrogen-bond acceptors (Lipinski definition) is 2. The maximum Gasteiger partial charge on any atom is 0.249 e. The molecule has 2 amide bonds. The second-order valence-corrected chi connectivity index (χ2v) is 6.78. The average molecular weight is 284 g/mol. The summed E-state index contributed by atoms with van der Waals surface area (Å²) in [6.45, 7) is 2.12. The first-order chi connectivity index (χ1) is 10.1. The van der Waals surface area contributed by atoms with Gasteiger partial charge in [0.2, 0.25) is 11.8 Å². The summed E-state index contributed by atoms with van der Waals surface area (Å²) in [6, 6.07) is 10.5. The minimum atomic E-state index is -0.667. The SMILES string of the molecule is CC1(C2CC2)NC(=O)CN(C2CC2c2ccccc2)C1=O. The largest absolute Gasteiger partial charge is 0.340 e. The van der Waals surface area contributed by atoms with Crippen molar-refractivity contribution in [3.05, 3.63) is 35.9 Å². The van der Waals surface area contributed by atoms with E-state index in [4.69, 9.17) is 0 Å². The van der Waals surface area contributed by atoms with Crippen LogP contribution >= 0.6 is 0 Å². The van der Waals surface area contributed by atoms with E-state index in [2.05, 4.69) is 17.4 Å². The van der Waals surface area contributed by atoms with Gasteiger partial charge in [-0.2, -0.15) is 0 Å². The molecule has 4 heteroatoms. The summed E-state index contributed by atoms with van der Waals surface area (Å²) in [5, 5.41) is 2.94. The van der Waals surface area contributed by atoms with Crippen molar-refractivity contribution in [3.8, 4) is 0 Å². The molecule has 0 bridgehead atoms. The number of carbonyl (C=O) groups excluding carboxylic acids is 2. The van der Waals surface area contributed by atoms with Gasteiger partial charge in [-0.3, -0.25) is 9.59 Å². The van der Waals surface area contributed by atoms with Gasteiger partial charge in [-0.25, -0.2) is 0 Å². The Morgan fingerprint density at radius 3 is 2.57 bits per heavy atom. The molecule has 4 rings (SSSR count). The first kappa shape index (κ1) is 12.9. The molecule has 2 aliphatic carbocycles. The lowest BCUT2D eigenvalue weighted by molar-refractivity contribution is -0.150. The van der Waals surface area contributed by atoms with Crippen LogP contribution in [0, 0.1) is 5.92 Å². The van der Waals surface area contributed by atoms with Crippen molar-refractivity contribution in [3.63, 3.8) is 0 Å². The molecule has 21 heavy (non-hydrogen) atoms. The number of nitrogens with one attached hydrogen (secondary N) is 1. The zero-order chi connectivity index (χ0) is 14.6. The van der Waals surface area contributed by atoms with Crippen LogP contribution in [-0.4, -0.2) is 34.8 Å². The Hall–Kier alpha value is -1.84. The second-order valence-electron chi connectivity index (χ2n) is 6.78. The van der Waals surface area contributed by atoms with Crippen LogP contribution in [0.2, 0.25) is 0 Å². The van der Waals surface area contributed by atoms with Gasteiger partial charge in [-0.05, 0) is 37.7 Å². The Kier molecular flexibility index (Phi) is 2.65. The van der Waals surface area contributed by atoms with Crippen molar-refractivity contribution >= 4 is 11.8 Å². The van der Waals surface area contributed by atoms with E-state index in [1.54, 1.807) is 0 Å². The smallest absolute Gasteiger partial charge is 0.249 e. The van der Waals surface area contributed by atoms with Crippen LogP contribution < -0.4 is 5.32 Å². The predicted molar refractivity (Wildman–Crippen MR) is 78.6 cm³/mol. The maximum atomic E-state index is 12.8. The highest BCUT2D eigenvalue weighted by atomic mass is 16.2. The Morgan fingerprint density at radius 1 is 1.19 bits per heavy atom. The van der Waals surface area contributed by atoms with Crippen molar-refractivity contribution in [2.24, 2.45) is 5.92 Å². The molecule has 3 aliphatic rings. The molecule has 4 nitrogen and oxygen atoms in total. The van der Waals surface area contributed by atoms with Crippen LogP contribution in [-0.2, 0) is 9.59 Å². The molecule has 3 fully saturated rings. The topological polar surface area (TPSA) is 49.4 Å². The summed E-state index contributed by atoms with van der Waals surface area (Å²) in [4.78, 5) is 26.7. The fourth-order valence-electron chi connectivity index (χ4n) is 3.70. The minimum absolute atomic E-state index is 0.0114. The number of piperazine rings is 1. The Labute approximate surface area is 124 Å². The molecular weight excluding hydrogens is 264 g/mol. The number of benzene rings is 1. The van der Waals surface area contributed by atoms with Crippen molar-refractivity contribution < 1.29 is 9.59 Å². The van der Waals surface area contributed by atoms with Gasteiger partial charge < -0.3 is 10.2 Å². The van der Waals surface area contributed by atoms with Crippen LogP contribution in [0.25, 0.3) is 0 Å². The summed E-state index contributed by atoms with van der Waals surface area (Å²) in [7, 11) is 0. The number of rotatable bonds is 3. The number of nitrogens with zero attached hydrogens (tertiary/aromatic N) is 1. The molecule has 1 N–H and O–H groups in total. The Balaban J connectivity index is 1.55. The quantitative estimate of drug-likeness (QED) is 0.918. The third-order valence-corrected chi connectivity index (χ3v) is 5.20. The van der Waals surface area contributed by atoms with Gasteiger partial charge in [-0.1, -0.05) is 30.3 Å². The molecule has 1 saturated heterocycles. The zero-order valence-electron chi connectivity index (χ0n) is 12.2. The molecule has 1 aromatic carbocycles. The fraction of sp³-hybridized carbons (Fsp3) is 0.529. The molecule has 110 valence electrons. The van der Waals surface area contributed by atoms with Gasteiger partial charge in [0.15, 0.2) is 0 Å². The van der Waals surface area contributed by atoms with E-state index in [9.17, 15) is 9.59 Å². The molecule has 1 heterocycles. The van der Waals surface area contributed by atoms with Crippen LogP contribution in [0.3, 0.4) is 0 Å². The van der Waals surface area contributed by atoms with Crippen LogP contribution in [0.1, 0.15) is 37.7 Å². The third kappa shape index (κ3) is 2.04. The highest BCUT2D eigenvalue weighted by Gasteiger charge is 2.56. The summed E-state index contributed by atoms with van der Waals surface area (Å²) in [6.07, 6.45) is 3.07. The molecule has 0 radical (unpaired) electrons. The molecule has 3 atom stereocenters. The van der Waals surface area contributed by atoms with Gasteiger partial charge in [-0.15, -0.1) is 0 Å². The van der Waals surface area contributed by atoms with E-state index in [-0.39, 0.29) is 24.4 Å². The number of hydrogen-bond donors (Lipinski definition) is 1. The average Bonchev–Trinajstić information content (AvgIpc) is 3.37. The van der Waals surface area contributed by atoms with Crippen LogP contribution in [0.5, 0.6) is 0 Å². The monoisotopic (exact) mass is 284 g/mol. The minimum Gasteiger partial charge on any atom is -0.340 e. The lowest BCUT2D eigenvalue weighted by atomic mass is 9.91. The first-order valence-corrected chi connectivity index (χ1v) is 7.76. The van der Waals surface area contributed by atoms with Gasteiger partial charge in [0, 0.05) is 12.0 Å². The molecule has 1 aromatic rings. The standard InChI is InChI=1S/C17H20N2O2/c1-17(12-7-8-12)16(21)19(10-15(20)18-17)14-9-13(14)11-5-3-2-4-6-11/h2-6,12-14H,7-10H2,1H3,(H,18,20). The lowest BCUT2D eigenvalue weighted by Crippen LogP contribution is -2.66. The Morgan fingerprint density at radius 2 is 1.90 bits per heavy atom. The summed E-state index contributed by atoms with van der Waals surface area (Å²) >= 11 is 0. The van der Waals surface area contributed by atoms with Crippen molar-refractivity contribution in [2.45, 2.75) is 43.7 Å². The van der Waals surface area contributed by atoms with E-state index >= 15 is 0 Å². The molecular formula is C17H20N2O2. The first-order valence-electron chi connectivity index (χ1n) is 7.76. The normalized spacial score (nSPS) is 35.6. The highest BCUT2D eigenvalue weighted by molar-refractivity contribution is 5.98. The van der Waals surface area contributed by atoms with Crippen molar-refractivity contribution in [2.75, 3.05) is 6.54 Å². The Bertz CT molecular complexity index is 596. The summed E-state index contributed by atoms with van der Waals surface area (Å²) in [5.41, 5.74) is 0.605. The van der Waals surface area contributed by atoms with E-state index in [0.717, 1.165) is 19.3 Å². The summed E-state index contributed by atoms with van der Waals surface area (Å²) in [5.74, 6) is 0.825. The summed E-state index contributed by atoms with van der Waals surface area (Å²) < 4.78 is 0. The van der Waals surface area contributed by atoms with Crippen molar-refractivity contribution in [1.29, 1.82) is 0 Å². The third-order valence-electron chi connectivity index (χ3n) is 5.20. The second kappa shape index (κ2) is 4.33. The van der Waals surface area contributed by atoms with Crippen LogP contribution in [0.15, 0.2) is 30.3 Å². The van der Waals surface area contributed by atoms with Crippen molar-refractivity contribution in [1.82, 2.24) is 10.2 Å². The molecule has 0 aromatic heterocycles. The number of amides is 2. The molecule has 0 spiro atoms. The molecule has 1 aliphatic heterocycles. The number of carbonyl (C=O) groups is 2. The van der Waals surface area contributed by atoms with Gasteiger partial charge in [0.25, 0.3) is 0 Å². The van der Waals surface area contributed by atoms with Crippen LogP contribution in [0.4, 0.5) is 0 Å². The highest BCUT2D eigenvalue weighted by Crippen LogP contribution is 2.48. The van der Waals surface area contributed by atoms with E-state index < -0.39 is 5.54 Å². The molecule has 3 unspecified atom stereocenters. The zero-order valence-corrected chi connectivity index (χ0v) is 12.2. The molecule has 2 saturated carbocycles. The maximum absolute atomic E-state index is 12.8. The van der Waals surface area contributed by atoms with Gasteiger partial charge >= 0.3 is 0 Å². The van der Waals surface area contributed by atoms with E-state index in [1.807, 2.05) is 30.0 Å². The lowest BCUT2D eigenvalue weighted by Gasteiger charge is -2.40. The van der Waals surface area contributed by atoms with Gasteiger partial charge in [0.1, 0.15) is 5.54 Å². The van der Waals surface area contributed by atoms with E-state index in [0.29, 0.717) is 11.8 Å². The van der Waals surface area contributed by atoms with E-state index in [1.165, 1.54) is 5.56 Å². The predicted octanol–water partition coefficient (Wildman–Crippen LogP) is 1.67.